The zero-order valence-electron chi connectivity index (χ0n) is 11.7. The fourth-order valence-corrected chi connectivity index (χ4v) is 4.62. The highest BCUT2D eigenvalue weighted by Crippen LogP contribution is 2.37. The Morgan fingerprint density at radius 1 is 0.722 bits per heavy atom. The van der Waals surface area contributed by atoms with E-state index in [1.54, 1.807) is 0 Å². The van der Waals surface area contributed by atoms with E-state index in [0.29, 0.717) is 6.04 Å². The third-order valence-electron chi connectivity index (χ3n) is 5.74. The van der Waals surface area contributed by atoms with Crippen LogP contribution >= 0.6 is 0 Å². The molecule has 104 valence electrons. The lowest BCUT2D eigenvalue weighted by Crippen LogP contribution is -2.50. The Morgan fingerprint density at radius 3 is 2.33 bits per heavy atom. The molecule has 0 aromatic rings. The van der Waals surface area contributed by atoms with E-state index in [0.717, 1.165) is 18.3 Å². The first-order chi connectivity index (χ1) is 8.84. The van der Waals surface area contributed by atoms with Gasteiger partial charge in [-0.2, -0.15) is 0 Å². The highest BCUT2D eigenvalue weighted by atomic mass is 16.3. The molecule has 1 heterocycles. The number of piperidine rings is 1. The van der Waals surface area contributed by atoms with E-state index in [1.165, 1.54) is 70.9 Å². The van der Waals surface area contributed by atoms with Crippen molar-refractivity contribution in [2.24, 2.45) is 11.8 Å². The number of aliphatic hydroxyl groups excluding tert-OH is 1. The molecule has 3 aliphatic rings. The van der Waals surface area contributed by atoms with Gasteiger partial charge in [-0.05, 0) is 44.1 Å². The predicted octanol–water partition coefficient (Wildman–Crippen LogP) is 3.19. The van der Waals surface area contributed by atoms with Crippen LogP contribution < -0.4 is 0 Å². The summed E-state index contributed by atoms with van der Waals surface area (Å²) in [5.41, 5.74) is 0. The first-order valence-corrected chi connectivity index (χ1v) is 8.27. The van der Waals surface area contributed by atoms with Crippen molar-refractivity contribution >= 4 is 0 Å². The molecule has 0 aromatic carbocycles. The molecular formula is C16H29NO. The Kier molecular flexibility index (Phi) is 4.25. The summed E-state index contributed by atoms with van der Waals surface area (Å²) < 4.78 is 0. The van der Waals surface area contributed by atoms with Gasteiger partial charge >= 0.3 is 0 Å². The Hall–Kier alpha value is -0.0800. The SMILES string of the molecule is OC1CCCCCC1N1CCC2CCCCC2C1. The quantitative estimate of drug-likeness (QED) is 0.724. The van der Waals surface area contributed by atoms with Gasteiger partial charge in [0.2, 0.25) is 0 Å². The van der Waals surface area contributed by atoms with E-state index in [4.69, 9.17) is 0 Å². The second-order valence-corrected chi connectivity index (χ2v) is 6.86. The molecule has 3 rings (SSSR count). The van der Waals surface area contributed by atoms with Crippen LogP contribution in [0.2, 0.25) is 0 Å². The summed E-state index contributed by atoms with van der Waals surface area (Å²) in [4.78, 5) is 2.66. The van der Waals surface area contributed by atoms with Gasteiger partial charge in [-0.3, -0.25) is 4.90 Å². The molecule has 4 unspecified atom stereocenters. The molecular weight excluding hydrogens is 222 g/mol. The van der Waals surface area contributed by atoms with E-state index in [9.17, 15) is 5.11 Å². The molecule has 2 saturated carbocycles. The van der Waals surface area contributed by atoms with Crippen molar-refractivity contribution in [3.05, 3.63) is 0 Å². The summed E-state index contributed by atoms with van der Waals surface area (Å²) in [6.45, 7) is 2.54. The average Bonchev–Trinajstić information content (AvgIpc) is 2.63. The minimum atomic E-state index is -0.0485. The van der Waals surface area contributed by atoms with Crippen molar-refractivity contribution in [2.75, 3.05) is 13.1 Å². The molecule has 1 aliphatic heterocycles. The second-order valence-electron chi connectivity index (χ2n) is 6.86. The van der Waals surface area contributed by atoms with Crippen LogP contribution in [0.5, 0.6) is 0 Å². The number of aliphatic hydroxyl groups is 1. The molecule has 2 aliphatic carbocycles. The van der Waals surface area contributed by atoms with E-state index in [1.807, 2.05) is 0 Å². The maximum atomic E-state index is 10.4. The molecule has 0 amide bonds. The first kappa shape index (κ1) is 12.9. The minimum absolute atomic E-state index is 0.0485. The molecule has 18 heavy (non-hydrogen) atoms. The van der Waals surface area contributed by atoms with E-state index in [-0.39, 0.29) is 6.10 Å². The zero-order valence-corrected chi connectivity index (χ0v) is 11.7. The highest BCUT2D eigenvalue weighted by molar-refractivity contribution is 4.89. The van der Waals surface area contributed by atoms with Crippen molar-refractivity contribution in [2.45, 2.75) is 76.4 Å². The molecule has 1 saturated heterocycles. The largest absolute Gasteiger partial charge is 0.391 e. The van der Waals surface area contributed by atoms with Crippen molar-refractivity contribution < 1.29 is 5.11 Å². The van der Waals surface area contributed by atoms with Gasteiger partial charge in [-0.1, -0.05) is 38.5 Å². The van der Waals surface area contributed by atoms with Crippen LogP contribution in [0.1, 0.15) is 64.2 Å². The number of nitrogens with zero attached hydrogens (tertiary/aromatic N) is 1. The normalized spacial score (nSPS) is 43.2. The van der Waals surface area contributed by atoms with Gasteiger partial charge < -0.3 is 5.11 Å². The average molecular weight is 251 g/mol. The van der Waals surface area contributed by atoms with Gasteiger partial charge in [0.25, 0.3) is 0 Å². The molecule has 3 fully saturated rings. The smallest absolute Gasteiger partial charge is 0.0695 e. The van der Waals surface area contributed by atoms with Gasteiger partial charge in [-0.25, -0.2) is 0 Å². The third kappa shape index (κ3) is 2.75. The number of fused-ring (bicyclic) bond motifs is 1. The fraction of sp³-hybridized carbons (Fsp3) is 1.00. The molecule has 0 aromatic heterocycles. The second kappa shape index (κ2) is 5.92. The van der Waals surface area contributed by atoms with Gasteiger partial charge in [0.05, 0.1) is 6.10 Å². The summed E-state index contributed by atoms with van der Waals surface area (Å²) in [6.07, 6.45) is 13.3. The van der Waals surface area contributed by atoms with Gasteiger partial charge in [0.1, 0.15) is 0 Å². The Balaban J connectivity index is 1.61. The van der Waals surface area contributed by atoms with Crippen LogP contribution in [0.25, 0.3) is 0 Å². The lowest BCUT2D eigenvalue weighted by atomic mass is 9.74. The number of rotatable bonds is 1. The van der Waals surface area contributed by atoms with Crippen LogP contribution in [-0.4, -0.2) is 35.2 Å². The molecule has 2 heteroatoms. The standard InChI is InChI=1S/C16H29NO/c18-16-9-3-1-2-8-15(16)17-11-10-13-6-4-5-7-14(13)12-17/h13-16,18H,1-12H2. The molecule has 4 atom stereocenters. The monoisotopic (exact) mass is 251 g/mol. The van der Waals surface area contributed by atoms with E-state index in [2.05, 4.69) is 4.90 Å². The number of likely N-dealkylation sites (tertiary alicyclic amines) is 1. The summed E-state index contributed by atoms with van der Waals surface area (Å²) >= 11 is 0. The van der Waals surface area contributed by atoms with Crippen molar-refractivity contribution in [3.8, 4) is 0 Å². The van der Waals surface area contributed by atoms with Crippen molar-refractivity contribution in [1.29, 1.82) is 0 Å². The van der Waals surface area contributed by atoms with E-state index >= 15 is 0 Å². The van der Waals surface area contributed by atoms with Crippen molar-refractivity contribution in [3.63, 3.8) is 0 Å². The molecule has 0 radical (unpaired) electrons. The summed E-state index contributed by atoms with van der Waals surface area (Å²) in [6, 6.07) is 0.482. The first-order valence-electron chi connectivity index (χ1n) is 8.27. The van der Waals surface area contributed by atoms with Crippen LogP contribution in [0.15, 0.2) is 0 Å². The van der Waals surface area contributed by atoms with Crippen LogP contribution in [0.3, 0.4) is 0 Å². The molecule has 0 bridgehead atoms. The summed E-state index contributed by atoms with van der Waals surface area (Å²) in [5.74, 6) is 1.96. The Bertz CT molecular complexity index is 268. The van der Waals surface area contributed by atoms with Crippen molar-refractivity contribution in [1.82, 2.24) is 4.90 Å². The molecule has 0 spiro atoms. The predicted molar refractivity (Wildman–Crippen MR) is 74.5 cm³/mol. The summed E-state index contributed by atoms with van der Waals surface area (Å²) in [5, 5.41) is 10.4. The minimum Gasteiger partial charge on any atom is -0.391 e. The van der Waals surface area contributed by atoms with Gasteiger partial charge in [0, 0.05) is 12.6 Å². The lowest BCUT2D eigenvalue weighted by Gasteiger charge is -2.45. The van der Waals surface area contributed by atoms with E-state index < -0.39 is 0 Å². The van der Waals surface area contributed by atoms with Crippen LogP contribution in [0.4, 0.5) is 0 Å². The Labute approximate surface area is 112 Å². The Morgan fingerprint density at radius 2 is 1.44 bits per heavy atom. The van der Waals surface area contributed by atoms with Gasteiger partial charge in [-0.15, -0.1) is 0 Å². The maximum absolute atomic E-state index is 10.4. The number of hydrogen-bond acceptors (Lipinski definition) is 2. The fourth-order valence-electron chi connectivity index (χ4n) is 4.62. The summed E-state index contributed by atoms with van der Waals surface area (Å²) in [7, 11) is 0. The molecule has 2 nitrogen and oxygen atoms in total. The maximum Gasteiger partial charge on any atom is 0.0695 e. The zero-order chi connectivity index (χ0) is 12.4. The van der Waals surface area contributed by atoms with Crippen LogP contribution in [-0.2, 0) is 0 Å². The van der Waals surface area contributed by atoms with Gasteiger partial charge in [0.15, 0.2) is 0 Å². The highest BCUT2D eigenvalue weighted by Gasteiger charge is 2.36. The number of hydrogen-bond donors (Lipinski definition) is 1. The third-order valence-corrected chi connectivity index (χ3v) is 5.74. The lowest BCUT2D eigenvalue weighted by molar-refractivity contribution is -0.00383. The van der Waals surface area contributed by atoms with Crippen LogP contribution in [0, 0.1) is 11.8 Å². The topological polar surface area (TPSA) is 23.5 Å². The molecule has 1 N–H and O–H groups in total.